The fourth-order valence-electron chi connectivity index (χ4n) is 1.88. The highest BCUT2D eigenvalue weighted by molar-refractivity contribution is 5.36. The van der Waals surface area contributed by atoms with E-state index in [1.807, 2.05) is 19.9 Å². The van der Waals surface area contributed by atoms with Gasteiger partial charge in [0, 0.05) is 6.04 Å². The Morgan fingerprint density at radius 1 is 1.31 bits per heavy atom. The van der Waals surface area contributed by atoms with Gasteiger partial charge in [0.25, 0.3) is 0 Å². The van der Waals surface area contributed by atoms with E-state index in [9.17, 15) is 0 Å². The molecule has 2 nitrogen and oxygen atoms in total. The quantitative estimate of drug-likeness (QED) is 0.824. The molecule has 0 fully saturated rings. The van der Waals surface area contributed by atoms with E-state index in [-0.39, 0.29) is 12.1 Å². The maximum absolute atomic E-state index is 6.12. The number of rotatable bonds is 5. The highest BCUT2D eigenvalue weighted by atomic mass is 16.5. The maximum atomic E-state index is 6.12. The molecule has 0 saturated heterocycles. The van der Waals surface area contributed by atoms with Crippen LogP contribution in [0.25, 0.3) is 0 Å². The Morgan fingerprint density at radius 3 is 2.50 bits per heavy atom. The summed E-state index contributed by atoms with van der Waals surface area (Å²) < 4.78 is 5.65. The van der Waals surface area contributed by atoms with E-state index in [0.29, 0.717) is 0 Å². The molecule has 2 N–H and O–H groups in total. The average molecular weight is 221 g/mol. The molecule has 16 heavy (non-hydrogen) atoms. The van der Waals surface area contributed by atoms with Crippen LogP contribution in [0.15, 0.2) is 18.2 Å². The molecule has 2 heteroatoms. The van der Waals surface area contributed by atoms with Crippen LogP contribution in [0.1, 0.15) is 50.8 Å². The van der Waals surface area contributed by atoms with Crippen LogP contribution < -0.4 is 10.5 Å². The molecule has 0 amide bonds. The Bertz CT molecular complexity index is 334. The number of benzene rings is 1. The molecular formula is C14H23NO. The van der Waals surface area contributed by atoms with Crippen molar-refractivity contribution in [3.05, 3.63) is 29.3 Å². The zero-order chi connectivity index (χ0) is 12.1. The lowest BCUT2D eigenvalue weighted by atomic mass is 9.98. The zero-order valence-electron chi connectivity index (χ0n) is 10.8. The summed E-state index contributed by atoms with van der Waals surface area (Å²) in [5.41, 5.74) is 8.57. The molecule has 1 atom stereocenters. The van der Waals surface area contributed by atoms with E-state index in [2.05, 4.69) is 26.0 Å². The standard InChI is InChI=1S/C14H23NO/c1-5-6-14(15)13-8-7-12(9-11(13)4)16-10(2)3/h7-10,14H,5-6,15H2,1-4H3. The first-order chi connectivity index (χ1) is 7.54. The molecule has 0 aliphatic rings. The summed E-state index contributed by atoms with van der Waals surface area (Å²) in [6.07, 6.45) is 2.37. The Kier molecular flexibility index (Phi) is 4.81. The first kappa shape index (κ1) is 13.0. The first-order valence-electron chi connectivity index (χ1n) is 6.07. The van der Waals surface area contributed by atoms with Crippen molar-refractivity contribution in [3.8, 4) is 5.75 Å². The smallest absolute Gasteiger partial charge is 0.119 e. The molecule has 0 aliphatic heterocycles. The summed E-state index contributed by atoms with van der Waals surface area (Å²) in [7, 11) is 0. The Balaban J connectivity index is 2.82. The SMILES string of the molecule is CCCC(N)c1ccc(OC(C)C)cc1C. The summed E-state index contributed by atoms with van der Waals surface area (Å²) in [6, 6.07) is 6.33. The minimum Gasteiger partial charge on any atom is -0.491 e. The van der Waals surface area contributed by atoms with Crippen LogP contribution >= 0.6 is 0 Å². The molecule has 1 unspecified atom stereocenters. The molecule has 0 bridgehead atoms. The van der Waals surface area contributed by atoms with Gasteiger partial charge in [0.2, 0.25) is 0 Å². The molecule has 0 aliphatic carbocycles. The number of aryl methyl sites for hydroxylation is 1. The third kappa shape index (κ3) is 3.53. The van der Waals surface area contributed by atoms with Gasteiger partial charge in [-0.15, -0.1) is 0 Å². The van der Waals surface area contributed by atoms with Gasteiger partial charge in [-0.3, -0.25) is 0 Å². The van der Waals surface area contributed by atoms with Crippen molar-refractivity contribution in [1.29, 1.82) is 0 Å². The molecule has 0 heterocycles. The van der Waals surface area contributed by atoms with Gasteiger partial charge >= 0.3 is 0 Å². The number of hydrogen-bond donors (Lipinski definition) is 1. The van der Waals surface area contributed by atoms with Gasteiger partial charge in [-0.1, -0.05) is 19.4 Å². The largest absolute Gasteiger partial charge is 0.491 e. The summed E-state index contributed by atoms with van der Waals surface area (Å²) in [5.74, 6) is 0.931. The normalized spacial score (nSPS) is 12.9. The van der Waals surface area contributed by atoms with Crippen molar-refractivity contribution < 1.29 is 4.74 Å². The van der Waals surface area contributed by atoms with Gasteiger partial charge in [0.05, 0.1) is 6.10 Å². The van der Waals surface area contributed by atoms with Gasteiger partial charge in [-0.25, -0.2) is 0 Å². The molecule has 0 radical (unpaired) electrons. The highest BCUT2D eigenvalue weighted by Crippen LogP contribution is 2.24. The molecule has 0 saturated carbocycles. The Labute approximate surface area is 98.8 Å². The van der Waals surface area contributed by atoms with Crippen LogP contribution in [0.2, 0.25) is 0 Å². The number of nitrogens with two attached hydrogens (primary N) is 1. The maximum Gasteiger partial charge on any atom is 0.119 e. The molecular weight excluding hydrogens is 198 g/mol. The Hall–Kier alpha value is -1.02. The van der Waals surface area contributed by atoms with Crippen molar-refractivity contribution >= 4 is 0 Å². The second kappa shape index (κ2) is 5.90. The third-order valence-corrected chi connectivity index (χ3v) is 2.61. The van der Waals surface area contributed by atoms with Gasteiger partial charge in [-0.2, -0.15) is 0 Å². The van der Waals surface area contributed by atoms with Crippen molar-refractivity contribution in [2.75, 3.05) is 0 Å². The number of hydrogen-bond acceptors (Lipinski definition) is 2. The van der Waals surface area contributed by atoms with Crippen molar-refractivity contribution in [3.63, 3.8) is 0 Å². The highest BCUT2D eigenvalue weighted by Gasteiger charge is 2.09. The summed E-state index contributed by atoms with van der Waals surface area (Å²) >= 11 is 0. The lowest BCUT2D eigenvalue weighted by Crippen LogP contribution is -2.12. The molecule has 1 aromatic rings. The van der Waals surface area contributed by atoms with E-state index in [1.165, 1.54) is 11.1 Å². The van der Waals surface area contributed by atoms with Crippen molar-refractivity contribution in [2.24, 2.45) is 5.73 Å². The van der Waals surface area contributed by atoms with Crippen LogP contribution in [0.3, 0.4) is 0 Å². The zero-order valence-corrected chi connectivity index (χ0v) is 10.8. The van der Waals surface area contributed by atoms with Gasteiger partial charge < -0.3 is 10.5 Å². The predicted octanol–water partition coefficient (Wildman–Crippen LogP) is 3.58. The topological polar surface area (TPSA) is 35.2 Å². The van der Waals surface area contributed by atoms with Gasteiger partial charge in [0.1, 0.15) is 5.75 Å². The van der Waals surface area contributed by atoms with E-state index in [0.717, 1.165) is 18.6 Å². The Morgan fingerprint density at radius 2 is 2.00 bits per heavy atom. The molecule has 0 spiro atoms. The van der Waals surface area contributed by atoms with E-state index >= 15 is 0 Å². The van der Waals surface area contributed by atoms with E-state index in [4.69, 9.17) is 10.5 Å². The van der Waals surface area contributed by atoms with Crippen LogP contribution in [-0.4, -0.2) is 6.10 Å². The van der Waals surface area contributed by atoms with Crippen LogP contribution in [0.5, 0.6) is 5.75 Å². The summed E-state index contributed by atoms with van der Waals surface area (Å²) in [5, 5.41) is 0. The second-order valence-electron chi connectivity index (χ2n) is 4.58. The average Bonchev–Trinajstić information content (AvgIpc) is 2.16. The van der Waals surface area contributed by atoms with Gasteiger partial charge in [-0.05, 0) is 50.5 Å². The van der Waals surface area contributed by atoms with E-state index in [1.54, 1.807) is 0 Å². The van der Waals surface area contributed by atoms with Gasteiger partial charge in [0.15, 0.2) is 0 Å². The van der Waals surface area contributed by atoms with E-state index < -0.39 is 0 Å². The lowest BCUT2D eigenvalue weighted by Gasteiger charge is -2.16. The second-order valence-corrected chi connectivity index (χ2v) is 4.58. The molecule has 0 aromatic heterocycles. The lowest BCUT2D eigenvalue weighted by molar-refractivity contribution is 0.242. The summed E-state index contributed by atoms with van der Waals surface area (Å²) in [4.78, 5) is 0. The van der Waals surface area contributed by atoms with Crippen LogP contribution in [0, 0.1) is 6.92 Å². The summed E-state index contributed by atoms with van der Waals surface area (Å²) in [6.45, 7) is 8.32. The monoisotopic (exact) mass is 221 g/mol. The van der Waals surface area contributed by atoms with Crippen LogP contribution in [-0.2, 0) is 0 Å². The molecule has 1 rings (SSSR count). The fraction of sp³-hybridized carbons (Fsp3) is 0.571. The predicted molar refractivity (Wildman–Crippen MR) is 68.8 cm³/mol. The fourth-order valence-corrected chi connectivity index (χ4v) is 1.88. The minimum absolute atomic E-state index is 0.151. The minimum atomic E-state index is 0.151. The third-order valence-electron chi connectivity index (χ3n) is 2.61. The molecule has 90 valence electrons. The molecule has 1 aromatic carbocycles. The van der Waals surface area contributed by atoms with Crippen LogP contribution in [0.4, 0.5) is 0 Å². The van der Waals surface area contributed by atoms with Crippen molar-refractivity contribution in [1.82, 2.24) is 0 Å². The first-order valence-corrected chi connectivity index (χ1v) is 6.07. The number of ether oxygens (including phenoxy) is 1. The van der Waals surface area contributed by atoms with Crippen molar-refractivity contribution in [2.45, 2.75) is 52.7 Å².